The summed E-state index contributed by atoms with van der Waals surface area (Å²) in [6, 6.07) is 14.2. The van der Waals surface area contributed by atoms with Gasteiger partial charge in [-0.3, -0.25) is 4.79 Å². The van der Waals surface area contributed by atoms with Crippen LogP contribution >= 0.6 is 12.4 Å². The van der Waals surface area contributed by atoms with Gasteiger partial charge in [0.25, 0.3) is 0 Å². The van der Waals surface area contributed by atoms with Crippen molar-refractivity contribution < 1.29 is 14.3 Å². The van der Waals surface area contributed by atoms with Crippen molar-refractivity contribution >= 4 is 29.1 Å². The summed E-state index contributed by atoms with van der Waals surface area (Å²) in [5.41, 5.74) is -0.414. The van der Waals surface area contributed by atoms with Crippen LogP contribution in [-0.2, 0) is 9.53 Å². The van der Waals surface area contributed by atoms with Crippen molar-refractivity contribution in [3.63, 3.8) is 0 Å². The van der Waals surface area contributed by atoms with Crippen LogP contribution in [0.5, 0.6) is 5.75 Å². The number of hydrogen-bond donors (Lipinski definition) is 2. The van der Waals surface area contributed by atoms with Gasteiger partial charge < -0.3 is 20.1 Å². The van der Waals surface area contributed by atoms with E-state index in [9.17, 15) is 4.79 Å². The molecule has 1 saturated heterocycles. The summed E-state index contributed by atoms with van der Waals surface area (Å²) in [6.45, 7) is 3.11. The molecule has 0 aromatic heterocycles. The average Bonchev–Trinajstić information content (AvgIpc) is 2.66. The number of hydrogen-bond acceptors (Lipinski definition) is 4. The zero-order valence-corrected chi connectivity index (χ0v) is 15.9. The second-order valence-corrected chi connectivity index (χ2v) is 6.58. The minimum Gasteiger partial charge on any atom is -0.492 e. The molecule has 0 saturated carbocycles. The normalized spacial score (nSPS) is 15.9. The van der Waals surface area contributed by atoms with Gasteiger partial charge in [0.15, 0.2) is 0 Å². The van der Waals surface area contributed by atoms with Crippen LogP contribution < -0.4 is 15.4 Å². The molecule has 26 heavy (non-hydrogen) atoms. The van der Waals surface area contributed by atoms with Gasteiger partial charge in [-0.05, 0) is 48.8 Å². The Labute approximate surface area is 160 Å². The molecule has 1 heterocycles. The lowest BCUT2D eigenvalue weighted by Gasteiger charge is -2.35. The maximum atomic E-state index is 12.6. The Bertz CT molecular complexity index is 712. The van der Waals surface area contributed by atoms with E-state index in [0.29, 0.717) is 19.8 Å². The summed E-state index contributed by atoms with van der Waals surface area (Å²) in [5.74, 6) is 0.888. The Morgan fingerprint density at radius 2 is 1.88 bits per heavy atom. The summed E-state index contributed by atoms with van der Waals surface area (Å²) in [5, 5.41) is 8.65. The molecule has 1 aliphatic heterocycles. The molecule has 0 atom stereocenters. The van der Waals surface area contributed by atoms with E-state index in [0.717, 1.165) is 37.1 Å². The summed E-state index contributed by atoms with van der Waals surface area (Å²) in [6.07, 6.45) is 1.61. The minimum absolute atomic E-state index is 0. The highest BCUT2D eigenvalue weighted by Gasteiger charge is 2.39. The lowest BCUT2D eigenvalue weighted by Crippen LogP contribution is -2.50. The first-order valence-corrected chi connectivity index (χ1v) is 8.83. The Morgan fingerprint density at radius 3 is 2.62 bits per heavy atom. The van der Waals surface area contributed by atoms with Crippen molar-refractivity contribution in [2.24, 2.45) is 5.41 Å². The molecule has 0 radical (unpaired) electrons. The fourth-order valence-electron chi connectivity index (χ4n) is 3.40. The predicted octanol–water partition coefficient (Wildman–Crippen LogP) is 2.77. The van der Waals surface area contributed by atoms with Crippen molar-refractivity contribution in [1.82, 2.24) is 10.6 Å². The molecule has 0 unspecified atom stereocenters. The molecule has 2 N–H and O–H groups in total. The number of carbonyl (C=O) groups is 1. The van der Waals surface area contributed by atoms with E-state index in [-0.39, 0.29) is 18.3 Å². The van der Waals surface area contributed by atoms with Crippen molar-refractivity contribution in [3.05, 3.63) is 42.5 Å². The van der Waals surface area contributed by atoms with Crippen molar-refractivity contribution in [1.29, 1.82) is 0 Å². The lowest BCUT2D eigenvalue weighted by atomic mass is 9.78. The standard InChI is InChI=1S/C20H26N2O3.ClH/c1-24-15-20(8-10-21-11-9-20)19(23)22-12-13-25-18-7-6-16-4-2-3-5-17(16)14-18;/h2-7,14,21H,8-13,15H2,1H3,(H,22,23);1H. The SMILES string of the molecule is COCC1(C(=O)NCCOc2ccc3ccccc3c2)CCNCC1.Cl. The van der Waals surface area contributed by atoms with Crippen LogP contribution in [0.1, 0.15) is 12.8 Å². The fraction of sp³-hybridized carbons (Fsp3) is 0.450. The van der Waals surface area contributed by atoms with Crippen molar-refractivity contribution in [2.75, 3.05) is 40.0 Å². The van der Waals surface area contributed by atoms with Crippen LogP contribution in [0.25, 0.3) is 10.8 Å². The Morgan fingerprint density at radius 1 is 1.15 bits per heavy atom. The van der Waals surface area contributed by atoms with Crippen LogP contribution in [-0.4, -0.2) is 45.9 Å². The van der Waals surface area contributed by atoms with Crippen LogP contribution in [0.4, 0.5) is 0 Å². The van der Waals surface area contributed by atoms with E-state index in [2.05, 4.69) is 22.8 Å². The summed E-state index contributed by atoms with van der Waals surface area (Å²) < 4.78 is 11.1. The molecular weight excluding hydrogens is 352 g/mol. The molecule has 1 fully saturated rings. The molecule has 2 aromatic carbocycles. The van der Waals surface area contributed by atoms with Gasteiger partial charge >= 0.3 is 0 Å². The Balaban J connectivity index is 0.00000243. The number of piperidine rings is 1. The molecule has 2 aromatic rings. The number of halogens is 1. The van der Waals surface area contributed by atoms with Gasteiger partial charge in [0.2, 0.25) is 5.91 Å². The van der Waals surface area contributed by atoms with Crippen LogP contribution in [0, 0.1) is 5.41 Å². The van der Waals surface area contributed by atoms with Crippen LogP contribution in [0.2, 0.25) is 0 Å². The average molecular weight is 379 g/mol. The zero-order valence-electron chi connectivity index (χ0n) is 15.1. The lowest BCUT2D eigenvalue weighted by molar-refractivity contribution is -0.136. The Hall–Kier alpha value is -1.82. The van der Waals surface area contributed by atoms with Crippen LogP contribution in [0.3, 0.4) is 0 Å². The highest BCUT2D eigenvalue weighted by Crippen LogP contribution is 2.29. The number of benzene rings is 2. The molecule has 3 rings (SSSR count). The van der Waals surface area contributed by atoms with E-state index >= 15 is 0 Å². The number of fused-ring (bicyclic) bond motifs is 1. The molecule has 1 amide bonds. The molecule has 1 aliphatic rings. The summed E-state index contributed by atoms with van der Waals surface area (Å²) in [4.78, 5) is 12.6. The topological polar surface area (TPSA) is 59.6 Å². The summed E-state index contributed by atoms with van der Waals surface area (Å²) >= 11 is 0. The number of carbonyl (C=O) groups excluding carboxylic acids is 1. The van der Waals surface area contributed by atoms with Crippen molar-refractivity contribution in [3.8, 4) is 5.75 Å². The maximum absolute atomic E-state index is 12.6. The first-order valence-electron chi connectivity index (χ1n) is 8.83. The van der Waals surface area contributed by atoms with Gasteiger partial charge in [0.1, 0.15) is 12.4 Å². The third kappa shape index (κ3) is 4.87. The maximum Gasteiger partial charge on any atom is 0.228 e. The quantitative estimate of drug-likeness (QED) is 0.727. The summed E-state index contributed by atoms with van der Waals surface area (Å²) in [7, 11) is 1.65. The minimum atomic E-state index is -0.414. The number of methoxy groups -OCH3 is 1. The third-order valence-electron chi connectivity index (χ3n) is 4.84. The monoisotopic (exact) mass is 378 g/mol. The van der Waals surface area contributed by atoms with Crippen molar-refractivity contribution in [2.45, 2.75) is 12.8 Å². The first kappa shape index (κ1) is 20.5. The van der Waals surface area contributed by atoms with E-state index in [4.69, 9.17) is 9.47 Å². The Kier molecular flexibility index (Phi) is 7.69. The zero-order chi connectivity index (χ0) is 17.5. The molecule has 0 spiro atoms. The van der Waals surface area contributed by atoms with Gasteiger partial charge in [-0.1, -0.05) is 30.3 Å². The van der Waals surface area contributed by atoms with E-state index in [1.54, 1.807) is 7.11 Å². The molecule has 0 bridgehead atoms. The predicted molar refractivity (Wildman–Crippen MR) is 106 cm³/mol. The second kappa shape index (κ2) is 9.76. The second-order valence-electron chi connectivity index (χ2n) is 6.58. The number of nitrogens with one attached hydrogen (secondary N) is 2. The molecule has 5 nitrogen and oxygen atoms in total. The largest absolute Gasteiger partial charge is 0.492 e. The van der Waals surface area contributed by atoms with E-state index in [1.807, 2.05) is 30.3 Å². The first-order chi connectivity index (χ1) is 12.2. The molecule has 142 valence electrons. The van der Waals surface area contributed by atoms with Crippen LogP contribution in [0.15, 0.2) is 42.5 Å². The van der Waals surface area contributed by atoms with E-state index in [1.165, 1.54) is 5.39 Å². The molecular formula is C20H27ClN2O3. The highest BCUT2D eigenvalue weighted by molar-refractivity contribution is 5.85. The van der Waals surface area contributed by atoms with Gasteiger partial charge in [-0.2, -0.15) is 0 Å². The smallest absolute Gasteiger partial charge is 0.228 e. The molecule has 0 aliphatic carbocycles. The fourth-order valence-corrected chi connectivity index (χ4v) is 3.40. The number of ether oxygens (including phenoxy) is 2. The van der Waals surface area contributed by atoms with Gasteiger partial charge in [-0.25, -0.2) is 0 Å². The number of amides is 1. The number of rotatable bonds is 7. The third-order valence-corrected chi connectivity index (χ3v) is 4.84. The highest BCUT2D eigenvalue weighted by atomic mass is 35.5. The van der Waals surface area contributed by atoms with Gasteiger partial charge in [0, 0.05) is 7.11 Å². The molecule has 6 heteroatoms. The van der Waals surface area contributed by atoms with E-state index < -0.39 is 5.41 Å². The van der Waals surface area contributed by atoms with Gasteiger partial charge in [-0.15, -0.1) is 12.4 Å². The van der Waals surface area contributed by atoms with Gasteiger partial charge in [0.05, 0.1) is 18.6 Å².